The van der Waals surface area contributed by atoms with Crippen LogP contribution in [-0.2, 0) is 0 Å². The third-order valence-electron chi connectivity index (χ3n) is 1.95. The molecule has 0 atom stereocenters. The molecule has 2 rings (SSSR count). The summed E-state index contributed by atoms with van der Waals surface area (Å²) in [5, 5.41) is 7.47. The van der Waals surface area contributed by atoms with Crippen LogP contribution in [0.1, 0.15) is 10.4 Å². The largest absolute Gasteiger partial charge is 0.472 e. The first-order valence-electron chi connectivity index (χ1n) is 4.13. The van der Waals surface area contributed by atoms with E-state index in [4.69, 9.17) is 15.9 Å². The zero-order valence-electron chi connectivity index (χ0n) is 7.68. The van der Waals surface area contributed by atoms with Crippen LogP contribution in [0.25, 0.3) is 11.3 Å². The van der Waals surface area contributed by atoms with E-state index in [2.05, 4.69) is 10.2 Å². The van der Waals surface area contributed by atoms with Crippen LogP contribution in [0.2, 0.25) is 0 Å². The first-order valence-corrected chi connectivity index (χ1v) is 4.13. The predicted octanol–water partition coefficient (Wildman–Crippen LogP) is 0.418. The van der Waals surface area contributed by atoms with Crippen molar-refractivity contribution in [3.63, 3.8) is 0 Å². The molecule has 0 spiro atoms. The van der Waals surface area contributed by atoms with Gasteiger partial charge in [0.15, 0.2) is 0 Å². The molecule has 0 aliphatic carbocycles. The SMILES string of the molecule is NC(=O)c1cnnc(-c2ccoc2)c1N. The number of aromatic nitrogens is 2. The number of carbonyl (C=O) groups is 1. The number of primary amides is 1. The van der Waals surface area contributed by atoms with Crippen LogP contribution in [0.15, 0.2) is 29.2 Å². The topological polar surface area (TPSA) is 108 Å². The summed E-state index contributed by atoms with van der Waals surface area (Å²) in [6.07, 6.45) is 4.18. The molecular formula is C9H8N4O2. The summed E-state index contributed by atoms with van der Waals surface area (Å²) < 4.78 is 4.88. The number of anilines is 1. The van der Waals surface area contributed by atoms with Crippen LogP contribution in [0.4, 0.5) is 5.69 Å². The lowest BCUT2D eigenvalue weighted by Gasteiger charge is -2.03. The summed E-state index contributed by atoms with van der Waals surface area (Å²) in [7, 11) is 0. The molecule has 0 fully saturated rings. The van der Waals surface area contributed by atoms with Gasteiger partial charge in [-0.05, 0) is 6.07 Å². The number of hydrogen-bond acceptors (Lipinski definition) is 5. The van der Waals surface area contributed by atoms with Crippen molar-refractivity contribution >= 4 is 11.6 Å². The quantitative estimate of drug-likeness (QED) is 0.736. The van der Waals surface area contributed by atoms with E-state index in [0.29, 0.717) is 11.3 Å². The predicted molar refractivity (Wildman–Crippen MR) is 52.7 cm³/mol. The number of amides is 1. The second kappa shape index (κ2) is 3.41. The molecule has 0 bridgehead atoms. The summed E-state index contributed by atoms with van der Waals surface area (Å²) in [5.41, 5.74) is 12.3. The summed E-state index contributed by atoms with van der Waals surface area (Å²) in [6, 6.07) is 1.67. The molecule has 0 aliphatic rings. The average Bonchev–Trinajstić information content (AvgIpc) is 2.70. The van der Waals surface area contributed by atoms with Gasteiger partial charge in [-0.25, -0.2) is 0 Å². The van der Waals surface area contributed by atoms with E-state index in [1.165, 1.54) is 18.7 Å². The van der Waals surface area contributed by atoms with Gasteiger partial charge in [0, 0.05) is 5.56 Å². The Labute approximate surface area is 84.9 Å². The second-order valence-electron chi connectivity index (χ2n) is 2.90. The molecule has 0 radical (unpaired) electrons. The number of nitrogens with zero attached hydrogens (tertiary/aromatic N) is 2. The molecule has 4 N–H and O–H groups in total. The third-order valence-corrected chi connectivity index (χ3v) is 1.95. The lowest BCUT2D eigenvalue weighted by Crippen LogP contribution is -2.15. The maximum Gasteiger partial charge on any atom is 0.252 e. The highest BCUT2D eigenvalue weighted by Crippen LogP contribution is 2.25. The maximum atomic E-state index is 11.0. The fourth-order valence-corrected chi connectivity index (χ4v) is 1.20. The average molecular weight is 204 g/mol. The Kier molecular flexibility index (Phi) is 2.09. The first kappa shape index (κ1) is 9.20. The van der Waals surface area contributed by atoms with Crippen molar-refractivity contribution in [3.05, 3.63) is 30.4 Å². The monoisotopic (exact) mass is 204 g/mol. The van der Waals surface area contributed by atoms with E-state index in [-0.39, 0.29) is 11.3 Å². The van der Waals surface area contributed by atoms with Gasteiger partial charge in [0.2, 0.25) is 0 Å². The van der Waals surface area contributed by atoms with Gasteiger partial charge in [0.1, 0.15) is 5.69 Å². The molecule has 0 unspecified atom stereocenters. The van der Waals surface area contributed by atoms with Crippen molar-refractivity contribution in [2.75, 3.05) is 5.73 Å². The highest BCUT2D eigenvalue weighted by atomic mass is 16.3. The van der Waals surface area contributed by atoms with Crippen molar-refractivity contribution in [3.8, 4) is 11.3 Å². The Bertz CT molecular complexity index is 493. The van der Waals surface area contributed by atoms with Crippen molar-refractivity contribution in [2.45, 2.75) is 0 Å². The van der Waals surface area contributed by atoms with Crippen molar-refractivity contribution in [2.24, 2.45) is 5.73 Å². The summed E-state index contributed by atoms with van der Waals surface area (Å²) in [5.74, 6) is -0.632. The molecule has 0 aromatic carbocycles. The van der Waals surface area contributed by atoms with Crippen molar-refractivity contribution in [1.82, 2.24) is 10.2 Å². The lowest BCUT2D eigenvalue weighted by molar-refractivity contribution is 0.100. The number of rotatable bonds is 2. The van der Waals surface area contributed by atoms with Crippen LogP contribution in [0, 0.1) is 0 Å². The van der Waals surface area contributed by atoms with Gasteiger partial charge < -0.3 is 15.9 Å². The van der Waals surface area contributed by atoms with Crippen LogP contribution in [0.5, 0.6) is 0 Å². The summed E-state index contributed by atoms with van der Waals surface area (Å²) in [4.78, 5) is 11.0. The zero-order chi connectivity index (χ0) is 10.8. The van der Waals surface area contributed by atoms with Crippen LogP contribution in [-0.4, -0.2) is 16.1 Å². The van der Waals surface area contributed by atoms with Gasteiger partial charge in [0.05, 0.1) is 30.0 Å². The zero-order valence-corrected chi connectivity index (χ0v) is 7.68. The lowest BCUT2D eigenvalue weighted by atomic mass is 10.1. The highest BCUT2D eigenvalue weighted by molar-refractivity contribution is 6.00. The summed E-state index contributed by atoms with van der Waals surface area (Å²) >= 11 is 0. The minimum atomic E-state index is -0.632. The Morgan fingerprint density at radius 2 is 2.27 bits per heavy atom. The third kappa shape index (κ3) is 1.52. The molecule has 0 saturated carbocycles. The molecule has 2 aromatic rings. The molecule has 6 nitrogen and oxygen atoms in total. The molecule has 2 aromatic heterocycles. The number of nitrogens with two attached hydrogens (primary N) is 2. The Balaban J connectivity index is 2.59. The van der Waals surface area contributed by atoms with Crippen LogP contribution in [0.3, 0.4) is 0 Å². The van der Waals surface area contributed by atoms with Crippen LogP contribution < -0.4 is 11.5 Å². The first-order chi connectivity index (χ1) is 7.20. The molecule has 1 amide bonds. The Hall–Kier alpha value is -2.37. The smallest absolute Gasteiger partial charge is 0.252 e. The Morgan fingerprint density at radius 1 is 1.47 bits per heavy atom. The molecule has 2 heterocycles. The fourth-order valence-electron chi connectivity index (χ4n) is 1.20. The Morgan fingerprint density at radius 3 is 2.87 bits per heavy atom. The number of nitrogen functional groups attached to an aromatic ring is 1. The van der Waals surface area contributed by atoms with Crippen molar-refractivity contribution < 1.29 is 9.21 Å². The normalized spacial score (nSPS) is 10.1. The van der Waals surface area contributed by atoms with Gasteiger partial charge in [-0.2, -0.15) is 5.10 Å². The highest BCUT2D eigenvalue weighted by Gasteiger charge is 2.13. The standard InChI is InChI=1S/C9H8N4O2/c10-7-6(9(11)14)3-12-13-8(7)5-1-2-15-4-5/h1-4H,(H2,10,12)(H2,11,14). The number of furan rings is 1. The van der Waals surface area contributed by atoms with E-state index >= 15 is 0 Å². The van der Waals surface area contributed by atoms with E-state index in [0.717, 1.165) is 0 Å². The second-order valence-corrected chi connectivity index (χ2v) is 2.90. The van der Waals surface area contributed by atoms with E-state index < -0.39 is 5.91 Å². The maximum absolute atomic E-state index is 11.0. The fraction of sp³-hybridized carbons (Fsp3) is 0. The minimum absolute atomic E-state index is 0.154. The van der Waals surface area contributed by atoms with Gasteiger partial charge in [-0.1, -0.05) is 0 Å². The van der Waals surface area contributed by atoms with Gasteiger partial charge >= 0.3 is 0 Å². The number of hydrogen-bond donors (Lipinski definition) is 2. The molecule has 0 aliphatic heterocycles. The van der Waals surface area contributed by atoms with Crippen molar-refractivity contribution in [1.29, 1.82) is 0 Å². The molecule has 76 valence electrons. The van der Waals surface area contributed by atoms with E-state index in [1.54, 1.807) is 6.07 Å². The molecule has 6 heteroatoms. The number of carbonyl (C=O) groups excluding carboxylic acids is 1. The minimum Gasteiger partial charge on any atom is -0.472 e. The van der Waals surface area contributed by atoms with E-state index in [9.17, 15) is 4.79 Å². The van der Waals surface area contributed by atoms with Gasteiger partial charge in [-0.15, -0.1) is 5.10 Å². The van der Waals surface area contributed by atoms with Crippen LogP contribution >= 0.6 is 0 Å². The molecule has 0 saturated heterocycles. The van der Waals surface area contributed by atoms with Gasteiger partial charge in [0.25, 0.3) is 5.91 Å². The van der Waals surface area contributed by atoms with E-state index in [1.807, 2.05) is 0 Å². The summed E-state index contributed by atoms with van der Waals surface area (Å²) in [6.45, 7) is 0. The molecule has 15 heavy (non-hydrogen) atoms. The van der Waals surface area contributed by atoms with Gasteiger partial charge in [-0.3, -0.25) is 4.79 Å². The molecular weight excluding hydrogens is 196 g/mol.